The number of hydrogen-bond donors (Lipinski definition) is 2. The predicted molar refractivity (Wildman–Crippen MR) is 59.2 cm³/mol. The molecule has 0 saturated carbocycles. The van der Waals surface area contributed by atoms with Crippen molar-refractivity contribution in [2.45, 2.75) is 19.4 Å². The molecule has 2 rings (SSSR count). The number of nitrogens with two attached hydrogens (primary N) is 1. The van der Waals surface area contributed by atoms with Crippen LogP contribution in [0, 0.1) is 6.92 Å². The molecule has 0 saturated heterocycles. The molecule has 1 unspecified atom stereocenters. The smallest absolute Gasteiger partial charge is 0.0935 e. The molecular formula is C11H14N4O. The number of furan rings is 1. The second-order valence-electron chi connectivity index (χ2n) is 3.64. The minimum Gasteiger partial charge on any atom is -0.472 e. The van der Waals surface area contributed by atoms with Crippen molar-refractivity contribution >= 4 is 0 Å². The number of aromatic nitrogens is 2. The number of hydrogen-bond acceptors (Lipinski definition) is 5. The van der Waals surface area contributed by atoms with Crippen molar-refractivity contribution in [2.75, 3.05) is 0 Å². The highest BCUT2D eigenvalue weighted by molar-refractivity contribution is 5.13. The van der Waals surface area contributed by atoms with E-state index in [0.717, 1.165) is 23.4 Å². The lowest BCUT2D eigenvalue weighted by molar-refractivity contribution is 0.525. The van der Waals surface area contributed by atoms with E-state index in [-0.39, 0.29) is 6.04 Å². The van der Waals surface area contributed by atoms with Crippen LogP contribution in [-0.4, -0.2) is 9.97 Å². The third kappa shape index (κ3) is 2.44. The van der Waals surface area contributed by atoms with Crippen LogP contribution >= 0.6 is 0 Å². The first-order chi connectivity index (χ1) is 7.79. The van der Waals surface area contributed by atoms with Crippen LogP contribution in [0.2, 0.25) is 0 Å². The van der Waals surface area contributed by atoms with Crippen LogP contribution in [0.15, 0.2) is 35.4 Å². The third-order valence-corrected chi connectivity index (χ3v) is 2.38. The van der Waals surface area contributed by atoms with Crippen LogP contribution in [0.5, 0.6) is 0 Å². The zero-order valence-corrected chi connectivity index (χ0v) is 9.05. The normalized spacial score (nSPS) is 12.6. The summed E-state index contributed by atoms with van der Waals surface area (Å²) in [5.41, 5.74) is 5.53. The van der Waals surface area contributed by atoms with Crippen molar-refractivity contribution in [2.24, 2.45) is 5.84 Å². The summed E-state index contributed by atoms with van der Waals surface area (Å²) in [5.74, 6) is 5.51. The van der Waals surface area contributed by atoms with Crippen molar-refractivity contribution in [1.29, 1.82) is 0 Å². The highest BCUT2D eigenvalue weighted by atomic mass is 16.3. The van der Waals surface area contributed by atoms with Gasteiger partial charge in [0, 0.05) is 6.20 Å². The molecule has 0 aliphatic carbocycles. The van der Waals surface area contributed by atoms with Crippen molar-refractivity contribution in [1.82, 2.24) is 15.4 Å². The molecular weight excluding hydrogens is 204 g/mol. The first-order valence-electron chi connectivity index (χ1n) is 5.05. The molecule has 0 fully saturated rings. The molecule has 2 aromatic heterocycles. The van der Waals surface area contributed by atoms with Gasteiger partial charge in [0.05, 0.1) is 36.2 Å². The molecule has 0 aliphatic heterocycles. The van der Waals surface area contributed by atoms with Gasteiger partial charge in [-0.2, -0.15) is 0 Å². The Balaban J connectivity index is 2.13. The van der Waals surface area contributed by atoms with Crippen molar-refractivity contribution in [3.8, 4) is 0 Å². The first kappa shape index (κ1) is 10.8. The molecule has 0 amide bonds. The Hall–Kier alpha value is -1.72. The van der Waals surface area contributed by atoms with Gasteiger partial charge in [0.15, 0.2) is 0 Å². The molecule has 3 N–H and O–H groups in total. The number of aryl methyl sites for hydroxylation is 1. The maximum absolute atomic E-state index is 5.51. The fraction of sp³-hybridized carbons (Fsp3) is 0.273. The monoisotopic (exact) mass is 218 g/mol. The summed E-state index contributed by atoms with van der Waals surface area (Å²) in [4.78, 5) is 8.49. The predicted octanol–water partition coefficient (Wildman–Crippen LogP) is 1.13. The quantitative estimate of drug-likeness (QED) is 0.594. The molecule has 84 valence electrons. The molecule has 0 radical (unpaired) electrons. The molecule has 16 heavy (non-hydrogen) atoms. The Labute approximate surface area is 93.7 Å². The summed E-state index contributed by atoms with van der Waals surface area (Å²) < 4.78 is 5.01. The molecule has 0 bridgehead atoms. The minimum atomic E-state index is -0.0503. The summed E-state index contributed by atoms with van der Waals surface area (Å²) in [6.07, 6.45) is 7.54. The van der Waals surface area contributed by atoms with Gasteiger partial charge in [0.2, 0.25) is 0 Å². The number of nitrogens with zero attached hydrogens (tertiary/aromatic N) is 2. The van der Waals surface area contributed by atoms with Gasteiger partial charge in [-0.25, -0.2) is 0 Å². The summed E-state index contributed by atoms with van der Waals surface area (Å²) >= 11 is 0. The summed E-state index contributed by atoms with van der Waals surface area (Å²) in [7, 11) is 0. The Kier molecular flexibility index (Phi) is 3.28. The van der Waals surface area contributed by atoms with Gasteiger partial charge in [0.1, 0.15) is 0 Å². The van der Waals surface area contributed by atoms with Crippen LogP contribution in [0.25, 0.3) is 0 Å². The van der Waals surface area contributed by atoms with Crippen molar-refractivity contribution in [3.05, 3.63) is 47.9 Å². The Bertz CT molecular complexity index is 424. The lowest BCUT2D eigenvalue weighted by Gasteiger charge is -2.13. The molecule has 5 nitrogen and oxygen atoms in total. The number of hydrazine groups is 1. The van der Waals surface area contributed by atoms with Gasteiger partial charge in [-0.1, -0.05) is 0 Å². The van der Waals surface area contributed by atoms with E-state index in [4.69, 9.17) is 10.3 Å². The average molecular weight is 218 g/mol. The topological polar surface area (TPSA) is 77.0 Å². The van der Waals surface area contributed by atoms with E-state index < -0.39 is 0 Å². The largest absolute Gasteiger partial charge is 0.472 e. The zero-order valence-electron chi connectivity index (χ0n) is 9.05. The average Bonchev–Trinajstić information content (AvgIpc) is 2.80. The van der Waals surface area contributed by atoms with Crippen LogP contribution in [0.3, 0.4) is 0 Å². The summed E-state index contributed by atoms with van der Waals surface area (Å²) in [6.45, 7) is 1.90. The maximum atomic E-state index is 5.51. The zero-order chi connectivity index (χ0) is 11.4. The molecule has 2 aromatic rings. The molecule has 1 atom stereocenters. The van der Waals surface area contributed by atoms with Gasteiger partial charge in [0.25, 0.3) is 0 Å². The van der Waals surface area contributed by atoms with E-state index >= 15 is 0 Å². The maximum Gasteiger partial charge on any atom is 0.0935 e. The Morgan fingerprint density at radius 2 is 2.31 bits per heavy atom. The van der Waals surface area contributed by atoms with Crippen LogP contribution in [0.4, 0.5) is 0 Å². The number of nitrogens with one attached hydrogen (secondary N) is 1. The standard InChI is InChI=1S/C11H14N4O/c1-8-5-14-11(6-13-8)10(15-12)4-9-2-3-16-7-9/h2-3,5-7,10,15H,4,12H2,1H3. The fourth-order valence-corrected chi connectivity index (χ4v) is 1.48. The number of rotatable bonds is 4. The first-order valence-corrected chi connectivity index (χ1v) is 5.05. The molecule has 0 aliphatic rings. The SMILES string of the molecule is Cc1cnc(C(Cc2ccoc2)NN)cn1. The fourth-order valence-electron chi connectivity index (χ4n) is 1.48. The van der Waals surface area contributed by atoms with E-state index in [1.807, 2.05) is 13.0 Å². The third-order valence-electron chi connectivity index (χ3n) is 2.38. The van der Waals surface area contributed by atoms with Gasteiger partial charge < -0.3 is 4.42 Å². The van der Waals surface area contributed by atoms with Gasteiger partial charge in [-0.05, 0) is 25.0 Å². The minimum absolute atomic E-state index is 0.0503. The van der Waals surface area contributed by atoms with E-state index in [9.17, 15) is 0 Å². The highest BCUT2D eigenvalue weighted by Gasteiger charge is 2.12. The molecule has 5 heteroatoms. The van der Waals surface area contributed by atoms with E-state index in [1.54, 1.807) is 24.9 Å². The van der Waals surface area contributed by atoms with Crippen LogP contribution in [-0.2, 0) is 6.42 Å². The van der Waals surface area contributed by atoms with E-state index in [2.05, 4.69) is 15.4 Å². The van der Waals surface area contributed by atoms with Crippen molar-refractivity contribution < 1.29 is 4.42 Å². The Morgan fingerprint density at radius 1 is 1.44 bits per heavy atom. The van der Waals surface area contributed by atoms with E-state index in [1.165, 1.54) is 0 Å². The van der Waals surface area contributed by atoms with Crippen LogP contribution < -0.4 is 11.3 Å². The summed E-state index contributed by atoms with van der Waals surface area (Å²) in [5, 5.41) is 0. The van der Waals surface area contributed by atoms with E-state index in [0.29, 0.717) is 0 Å². The van der Waals surface area contributed by atoms with Crippen LogP contribution in [0.1, 0.15) is 23.0 Å². The van der Waals surface area contributed by atoms with Gasteiger partial charge in [-0.15, -0.1) is 0 Å². The lowest BCUT2D eigenvalue weighted by atomic mass is 10.1. The molecule has 0 spiro atoms. The molecule has 2 heterocycles. The van der Waals surface area contributed by atoms with Gasteiger partial charge in [-0.3, -0.25) is 21.2 Å². The second-order valence-corrected chi connectivity index (χ2v) is 3.64. The van der Waals surface area contributed by atoms with Crippen molar-refractivity contribution in [3.63, 3.8) is 0 Å². The Morgan fingerprint density at radius 3 is 2.88 bits per heavy atom. The molecule has 0 aromatic carbocycles. The lowest BCUT2D eigenvalue weighted by Crippen LogP contribution is -2.30. The highest BCUT2D eigenvalue weighted by Crippen LogP contribution is 2.15. The second kappa shape index (κ2) is 4.87. The van der Waals surface area contributed by atoms with Gasteiger partial charge >= 0.3 is 0 Å². The summed E-state index contributed by atoms with van der Waals surface area (Å²) in [6, 6.07) is 1.86.